The Morgan fingerprint density at radius 1 is 1.07 bits per heavy atom. The first-order chi connectivity index (χ1) is 13.9. The van der Waals surface area contributed by atoms with Crippen molar-refractivity contribution in [3.8, 4) is 0 Å². The molecule has 0 atom stereocenters. The van der Waals surface area contributed by atoms with Crippen molar-refractivity contribution in [3.63, 3.8) is 0 Å². The number of hydrogen-bond acceptors (Lipinski definition) is 6. The van der Waals surface area contributed by atoms with Gasteiger partial charge in [-0.2, -0.15) is 0 Å². The molecule has 0 saturated carbocycles. The average Bonchev–Trinajstić information content (AvgIpc) is 3.27. The summed E-state index contributed by atoms with van der Waals surface area (Å²) in [6.07, 6.45) is 0. The van der Waals surface area contributed by atoms with Crippen molar-refractivity contribution in [2.24, 2.45) is 0 Å². The number of piperazine rings is 1. The van der Waals surface area contributed by atoms with E-state index >= 15 is 0 Å². The number of hydrogen-bond donors (Lipinski definition) is 1. The number of nitrogens with one attached hydrogen (secondary N) is 1. The molecule has 0 unspecified atom stereocenters. The number of carbonyl (C=O) groups excluding carboxylic acids is 2. The Hall–Kier alpha value is -2.65. The molecule has 152 valence electrons. The molecule has 1 aliphatic heterocycles. The van der Waals surface area contributed by atoms with Crippen molar-refractivity contribution < 1.29 is 9.59 Å². The smallest absolute Gasteiger partial charge is 0.321 e. The number of thiazole rings is 1. The van der Waals surface area contributed by atoms with Crippen LogP contribution in [-0.4, -0.2) is 67.0 Å². The van der Waals surface area contributed by atoms with E-state index in [1.165, 1.54) is 11.3 Å². The van der Waals surface area contributed by atoms with Gasteiger partial charge < -0.3 is 20.0 Å². The number of aryl methyl sites for hydroxylation is 1. The van der Waals surface area contributed by atoms with Crippen LogP contribution in [0.15, 0.2) is 30.3 Å². The summed E-state index contributed by atoms with van der Waals surface area (Å²) in [4.78, 5) is 37.1. The summed E-state index contributed by atoms with van der Waals surface area (Å²) < 4.78 is 1.04. The molecule has 2 aromatic heterocycles. The Labute approximate surface area is 177 Å². The van der Waals surface area contributed by atoms with Crippen molar-refractivity contribution >= 4 is 55.0 Å². The molecule has 0 aliphatic carbocycles. The lowest BCUT2D eigenvalue weighted by atomic mass is 10.2. The van der Waals surface area contributed by atoms with E-state index in [4.69, 9.17) is 0 Å². The van der Waals surface area contributed by atoms with E-state index in [-0.39, 0.29) is 11.9 Å². The van der Waals surface area contributed by atoms with Crippen molar-refractivity contribution in [1.29, 1.82) is 0 Å². The molecule has 29 heavy (non-hydrogen) atoms. The molecule has 4 rings (SSSR count). The monoisotopic (exact) mass is 429 g/mol. The summed E-state index contributed by atoms with van der Waals surface area (Å²) in [6.45, 7) is 4.09. The van der Waals surface area contributed by atoms with Gasteiger partial charge in [-0.1, -0.05) is 23.5 Å². The quantitative estimate of drug-likeness (QED) is 0.689. The van der Waals surface area contributed by atoms with Crippen LogP contribution in [0.4, 0.5) is 15.6 Å². The number of aromatic nitrogens is 1. The minimum Gasteiger partial charge on any atom is -0.354 e. The normalized spacial score (nSPS) is 14.3. The lowest BCUT2D eigenvalue weighted by Crippen LogP contribution is -2.51. The van der Waals surface area contributed by atoms with Gasteiger partial charge >= 0.3 is 6.03 Å². The van der Waals surface area contributed by atoms with Crippen molar-refractivity contribution in [2.45, 2.75) is 6.92 Å². The second-order valence-electron chi connectivity index (χ2n) is 7.25. The Balaban J connectivity index is 1.35. The molecule has 0 bridgehead atoms. The maximum atomic E-state index is 12.9. The zero-order valence-corrected chi connectivity index (χ0v) is 18.3. The fraction of sp³-hybridized carbons (Fsp3) is 0.350. The predicted octanol–water partition coefficient (Wildman–Crippen LogP) is 3.72. The molecule has 0 radical (unpaired) electrons. The first-order valence-corrected chi connectivity index (χ1v) is 11.0. The zero-order valence-electron chi connectivity index (χ0n) is 16.6. The van der Waals surface area contributed by atoms with Crippen LogP contribution in [0.2, 0.25) is 0 Å². The molecule has 1 fully saturated rings. The molecule has 3 heterocycles. The summed E-state index contributed by atoms with van der Waals surface area (Å²) >= 11 is 3.03. The van der Waals surface area contributed by atoms with E-state index in [2.05, 4.69) is 10.3 Å². The van der Waals surface area contributed by atoms with Crippen LogP contribution in [0, 0.1) is 6.92 Å². The molecule has 9 heteroatoms. The maximum Gasteiger partial charge on any atom is 0.321 e. The average molecular weight is 430 g/mol. The summed E-state index contributed by atoms with van der Waals surface area (Å²) in [5, 5.41) is 3.87. The minimum atomic E-state index is -0.125. The fourth-order valence-electron chi connectivity index (χ4n) is 3.21. The number of fused-ring (bicyclic) bond motifs is 1. The van der Waals surface area contributed by atoms with Crippen LogP contribution < -0.4 is 10.2 Å². The number of rotatable bonds is 3. The molecule has 7 nitrogen and oxygen atoms in total. The van der Waals surface area contributed by atoms with Gasteiger partial charge in [0, 0.05) is 46.0 Å². The van der Waals surface area contributed by atoms with Crippen molar-refractivity contribution in [1.82, 2.24) is 14.8 Å². The van der Waals surface area contributed by atoms with E-state index in [0.29, 0.717) is 31.1 Å². The van der Waals surface area contributed by atoms with Crippen LogP contribution in [0.25, 0.3) is 9.53 Å². The molecule has 3 aromatic rings. The van der Waals surface area contributed by atoms with Gasteiger partial charge in [0.05, 0.1) is 9.58 Å². The molecule has 3 amide bonds. The molecule has 1 aromatic carbocycles. The first-order valence-electron chi connectivity index (χ1n) is 9.40. The highest BCUT2D eigenvalue weighted by atomic mass is 32.1. The van der Waals surface area contributed by atoms with Gasteiger partial charge in [-0.15, -0.1) is 11.3 Å². The van der Waals surface area contributed by atoms with Crippen LogP contribution in [0.1, 0.15) is 15.2 Å². The predicted molar refractivity (Wildman–Crippen MR) is 119 cm³/mol. The third kappa shape index (κ3) is 4.20. The van der Waals surface area contributed by atoms with Crippen LogP contribution >= 0.6 is 22.7 Å². The van der Waals surface area contributed by atoms with Crippen LogP contribution in [-0.2, 0) is 0 Å². The first kappa shape index (κ1) is 19.7. The maximum absolute atomic E-state index is 12.9. The number of nitrogens with zero attached hydrogens (tertiary/aromatic N) is 4. The molecule has 0 spiro atoms. The fourth-order valence-corrected chi connectivity index (χ4v) is 5.32. The summed E-state index contributed by atoms with van der Waals surface area (Å²) in [5.74, 6) is 0.0188. The van der Waals surface area contributed by atoms with Gasteiger partial charge in [0.15, 0.2) is 5.13 Å². The third-order valence-electron chi connectivity index (χ3n) is 4.79. The second kappa shape index (κ2) is 8.00. The van der Waals surface area contributed by atoms with Gasteiger partial charge in [0.2, 0.25) is 0 Å². The summed E-state index contributed by atoms with van der Waals surface area (Å²) in [7, 11) is 3.92. The number of benzene rings is 1. The van der Waals surface area contributed by atoms with Gasteiger partial charge in [-0.3, -0.25) is 4.79 Å². The van der Waals surface area contributed by atoms with Crippen molar-refractivity contribution in [2.75, 3.05) is 50.5 Å². The Kier molecular flexibility index (Phi) is 5.42. The van der Waals surface area contributed by atoms with E-state index in [9.17, 15) is 9.59 Å². The lowest BCUT2D eigenvalue weighted by molar-refractivity contribution is 0.0676. The lowest BCUT2D eigenvalue weighted by Gasteiger charge is -2.34. The number of anilines is 2. The van der Waals surface area contributed by atoms with Gasteiger partial charge in [-0.05, 0) is 30.7 Å². The van der Waals surface area contributed by atoms with Gasteiger partial charge in [0.1, 0.15) is 4.83 Å². The van der Waals surface area contributed by atoms with Crippen LogP contribution in [0.5, 0.6) is 0 Å². The third-order valence-corrected chi connectivity index (χ3v) is 7.11. The molecule has 1 aliphatic rings. The van der Waals surface area contributed by atoms with E-state index in [1.54, 1.807) is 16.2 Å². The second-order valence-corrected chi connectivity index (χ2v) is 9.29. The zero-order chi connectivity index (χ0) is 20.5. The number of carbonyl (C=O) groups is 2. The van der Waals surface area contributed by atoms with E-state index < -0.39 is 0 Å². The molecular formula is C20H23N5O2S2. The summed E-state index contributed by atoms with van der Waals surface area (Å²) in [5.41, 5.74) is 1.89. The number of thiophene rings is 1. The Morgan fingerprint density at radius 2 is 1.79 bits per heavy atom. The number of urea groups is 1. The molecular weight excluding hydrogens is 406 g/mol. The Bertz CT molecular complexity index is 1020. The highest BCUT2D eigenvalue weighted by Crippen LogP contribution is 2.34. The minimum absolute atomic E-state index is 0.0188. The van der Waals surface area contributed by atoms with E-state index in [1.807, 2.05) is 61.2 Å². The largest absolute Gasteiger partial charge is 0.354 e. The SMILES string of the molecule is Cc1cccc(NC(=O)N2CCN(C(=O)c3cc4sc(N(C)C)nc4s3)CC2)c1. The topological polar surface area (TPSA) is 68.8 Å². The standard InChI is InChI=1S/C20H23N5O2S2/c1-13-5-4-6-14(11-13)21-19(27)25-9-7-24(8-10-25)18(26)16-12-15-17(28-16)22-20(29-15)23(2)3/h4-6,11-12H,7-10H2,1-3H3,(H,21,27). The summed E-state index contributed by atoms with van der Waals surface area (Å²) in [6, 6.07) is 9.54. The molecule has 1 saturated heterocycles. The highest BCUT2D eigenvalue weighted by molar-refractivity contribution is 7.29. The van der Waals surface area contributed by atoms with Crippen LogP contribution in [0.3, 0.4) is 0 Å². The Morgan fingerprint density at radius 3 is 2.45 bits per heavy atom. The van der Waals surface area contributed by atoms with Gasteiger partial charge in [0.25, 0.3) is 5.91 Å². The van der Waals surface area contributed by atoms with E-state index in [0.717, 1.165) is 25.9 Å². The number of amides is 3. The van der Waals surface area contributed by atoms with Crippen molar-refractivity contribution in [3.05, 3.63) is 40.8 Å². The van der Waals surface area contributed by atoms with Gasteiger partial charge in [-0.25, -0.2) is 9.78 Å². The molecule has 1 N–H and O–H groups in total. The highest BCUT2D eigenvalue weighted by Gasteiger charge is 2.26.